The number of halogens is 1. The maximum Gasteiger partial charge on any atom is 0.469 e. The zero-order valence-corrected chi connectivity index (χ0v) is 25.5. The number of nitrogens with one attached hydrogen (secondary N) is 2. The van der Waals surface area contributed by atoms with E-state index in [0.29, 0.717) is 69.9 Å². The predicted molar refractivity (Wildman–Crippen MR) is 166 cm³/mol. The Labute approximate surface area is 258 Å². The van der Waals surface area contributed by atoms with Gasteiger partial charge in [-0.25, -0.2) is 19.5 Å². The lowest BCUT2D eigenvalue weighted by atomic mass is 10.2. The molecule has 232 valence electrons. The number of likely N-dealkylation sites (tertiary alicyclic amines) is 1. The maximum atomic E-state index is 12.5. The Morgan fingerprint density at radius 3 is 2.75 bits per heavy atom. The van der Waals surface area contributed by atoms with Crippen molar-refractivity contribution >= 4 is 53.6 Å². The molecule has 0 bridgehead atoms. The molecule has 1 saturated heterocycles. The van der Waals surface area contributed by atoms with Crippen LogP contribution in [-0.4, -0.2) is 75.0 Å². The molecule has 0 radical (unpaired) electrons. The monoisotopic (exact) mass is 642 g/mol. The maximum absolute atomic E-state index is 12.5. The molecule has 1 fully saturated rings. The minimum atomic E-state index is -4.49. The van der Waals surface area contributed by atoms with Crippen LogP contribution in [0.5, 0.6) is 11.5 Å². The molecule has 0 saturated carbocycles. The van der Waals surface area contributed by atoms with E-state index in [4.69, 9.17) is 35.4 Å². The first-order chi connectivity index (χ1) is 21.2. The minimum absolute atomic E-state index is 0.000450. The van der Waals surface area contributed by atoms with Crippen LogP contribution in [0.4, 0.5) is 17.3 Å². The average Bonchev–Trinajstić information content (AvgIpc) is 3.46. The van der Waals surface area contributed by atoms with Gasteiger partial charge in [0.2, 0.25) is 0 Å². The van der Waals surface area contributed by atoms with Crippen LogP contribution in [0.15, 0.2) is 61.1 Å². The summed E-state index contributed by atoms with van der Waals surface area (Å²) in [7, 11) is -2.93. The van der Waals surface area contributed by atoms with Gasteiger partial charge >= 0.3 is 7.82 Å². The first-order valence-electron chi connectivity index (χ1n) is 13.9. The molecular formula is C29H32ClN6O7P. The number of benzene rings is 2. The smallest absolute Gasteiger partial charge is 0.469 e. The fourth-order valence-electron chi connectivity index (χ4n) is 4.94. The molecule has 2 aromatic heterocycles. The molecule has 0 spiro atoms. The molecule has 44 heavy (non-hydrogen) atoms. The van der Waals surface area contributed by atoms with Crippen molar-refractivity contribution in [2.24, 2.45) is 0 Å². The first kappa shape index (κ1) is 31.6. The van der Waals surface area contributed by atoms with Gasteiger partial charge in [0.25, 0.3) is 5.91 Å². The third kappa shape index (κ3) is 8.41. The van der Waals surface area contributed by atoms with Crippen molar-refractivity contribution < 1.29 is 33.1 Å². The van der Waals surface area contributed by atoms with Crippen molar-refractivity contribution in [1.29, 1.82) is 0 Å². The van der Waals surface area contributed by atoms with E-state index in [1.807, 2.05) is 0 Å². The second-order valence-corrected chi connectivity index (χ2v) is 11.8. The van der Waals surface area contributed by atoms with Gasteiger partial charge in [-0.15, -0.1) is 0 Å². The molecule has 1 aliphatic heterocycles. The number of carbonyl (C=O) groups excluding carboxylic acids is 1. The number of aromatic nitrogens is 3. The number of methoxy groups -OCH3 is 1. The number of rotatable bonds is 13. The standard InChI is InChI=1S/C29H32ClN6O7P/c1-41-25-14-23-24(15-26(25)42-12-4-11-36-10-3-7-22(36)17-43-44(38,39)40)32-18-33-28(23)34-21-8-9-27(31-16-21)35-29(37)19-5-2-6-20(30)13-19/h2,5-6,8-9,13-16,18,22H,3-4,7,10-12,17H2,1H3,(H,31,35,37)(H,32,33,34)(H2,38,39,40)/t22-/m1/s1. The van der Waals surface area contributed by atoms with Gasteiger partial charge in [0.1, 0.15) is 18.0 Å². The zero-order valence-electron chi connectivity index (χ0n) is 23.9. The highest BCUT2D eigenvalue weighted by atomic mass is 35.5. The lowest BCUT2D eigenvalue weighted by Gasteiger charge is -2.24. The molecular weight excluding hydrogens is 611 g/mol. The van der Waals surface area contributed by atoms with Crippen molar-refractivity contribution in [3.05, 3.63) is 71.6 Å². The highest BCUT2D eigenvalue weighted by molar-refractivity contribution is 7.46. The summed E-state index contributed by atoms with van der Waals surface area (Å²) in [5.74, 6) is 1.65. The molecule has 3 heterocycles. The molecule has 1 aliphatic rings. The summed E-state index contributed by atoms with van der Waals surface area (Å²) in [5.41, 5.74) is 1.72. The number of phosphoric acid groups is 1. The number of carbonyl (C=O) groups is 1. The van der Waals surface area contributed by atoms with Crippen LogP contribution >= 0.6 is 19.4 Å². The average molecular weight is 643 g/mol. The molecule has 4 N–H and O–H groups in total. The second kappa shape index (κ2) is 14.3. The molecule has 4 aromatic rings. The molecule has 15 heteroatoms. The van der Waals surface area contributed by atoms with E-state index in [1.54, 1.807) is 61.8 Å². The number of fused-ring (bicyclic) bond motifs is 1. The van der Waals surface area contributed by atoms with E-state index in [2.05, 4.69) is 30.5 Å². The summed E-state index contributed by atoms with van der Waals surface area (Å²) >= 11 is 5.98. The Morgan fingerprint density at radius 2 is 2.00 bits per heavy atom. The lowest BCUT2D eigenvalue weighted by molar-refractivity contribution is 0.102. The summed E-state index contributed by atoms with van der Waals surface area (Å²) in [6.45, 7) is 1.96. The zero-order chi connectivity index (χ0) is 31.1. The molecule has 0 unspecified atom stereocenters. The van der Waals surface area contributed by atoms with Gasteiger partial charge in [-0.2, -0.15) is 0 Å². The van der Waals surface area contributed by atoms with Crippen LogP contribution in [0.2, 0.25) is 5.02 Å². The number of ether oxygens (including phenoxy) is 2. The van der Waals surface area contributed by atoms with Gasteiger partial charge in [-0.3, -0.25) is 14.2 Å². The van der Waals surface area contributed by atoms with Gasteiger partial charge in [0.15, 0.2) is 11.5 Å². The summed E-state index contributed by atoms with van der Waals surface area (Å²) in [6, 6.07) is 13.7. The van der Waals surface area contributed by atoms with Crippen LogP contribution in [0.25, 0.3) is 10.9 Å². The van der Waals surface area contributed by atoms with Crippen LogP contribution < -0.4 is 20.1 Å². The summed E-state index contributed by atoms with van der Waals surface area (Å²) < 4.78 is 27.4. The van der Waals surface area contributed by atoms with Crippen LogP contribution in [0.3, 0.4) is 0 Å². The third-order valence-electron chi connectivity index (χ3n) is 7.06. The Morgan fingerprint density at radius 1 is 1.14 bits per heavy atom. The van der Waals surface area contributed by atoms with Crippen LogP contribution in [-0.2, 0) is 9.09 Å². The first-order valence-corrected chi connectivity index (χ1v) is 15.8. The summed E-state index contributed by atoms with van der Waals surface area (Å²) in [4.78, 5) is 45.8. The predicted octanol–water partition coefficient (Wildman–Crippen LogP) is 5.03. The van der Waals surface area contributed by atoms with E-state index in [-0.39, 0.29) is 18.6 Å². The summed E-state index contributed by atoms with van der Waals surface area (Å²) in [6.07, 6.45) is 5.51. The normalized spacial score (nSPS) is 15.3. The number of pyridine rings is 1. The van der Waals surface area contributed by atoms with Gasteiger partial charge in [0.05, 0.1) is 37.7 Å². The molecule has 1 atom stereocenters. The van der Waals surface area contributed by atoms with Gasteiger partial charge in [-0.1, -0.05) is 17.7 Å². The SMILES string of the molecule is COc1cc2c(Nc3ccc(NC(=O)c4cccc(Cl)c4)nc3)ncnc2cc1OCCCN1CCC[C@@H]1COP(=O)(O)O. The summed E-state index contributed by atoms with van der Waals surface area (Å²) in [5, 5.41) is 7.17. The van der Waals surface area contributed by atoms with Crippen molar-refractivity contribution in [1.82, 2.24) is 19.9 Å². The molecule has 2 aromatic carbocycles. The van der Waals surface area contributed by atoms with Gasteiger partial charge < -0.3 is 29.9 Å². The Kier molecular flexibility index (Phi) is 10.3. The van der Waals surface area contributed by atoms with Gasteiger partial charge in [0, 0.05) is 34.6 Å². The van der Waals surface area contributed by atoms with Crippen LogP contribution in [0.1, 0.15) is 29.6 Å². The Hall–Kier alpha value is -3.84. The number of hydrogen-bond acceptors (Lipinski definition) is 10. The fourth-order valence-corrected chi connectivity index (χ4v) is 5.50. The van der Waals surface area contributed by atoms with E-state index in [0.717, 1.165) is 19.4 Å². The van der Waals surface area contributed by atoms with Crippen molar-refractivity contribution in [3.63, 3.8) is 0 Å². The minimum Gasteiger partial charge on any atom is -0.493 e. The quantitative estimate of drug-likeness (QED) is 0.114. The van der Waals surface area contributed by atoms with Crippen LogP contribution in [0, 0.1) is 0 Å². The van der Waals surface area contributed by atoms with Crippen molar-refractivity contribution in [2.75, 3.05) is 44.0 Å². The van der Waals surface area contributed by atoms with E-state index >= 15 is 0 Å². The van der Waals surface area contributed by atoms with Crippen molar-refractivity contribution in [3.8, 4) is 11.5 Å². The largest absolute Gasteiger partial charge is 0.493 e. The highest BCUT2D eigenvalue weighted by Gasteiger charge is 2.27. The molecule has 5 rings (SSSR count). The fraction of sp³-hybridized carbons (Fsp3) is 0.310. The van der Waals surface area contributed by atoms with E-state index in [1.165, 1.54) is 6.33 Å². The number of anilines is 3. The highest BCUT2D eigenvalue weighted by Crippen LogP contribution is 2.37. The molecule has 13 nitrogen and oxygen atoms in total. The van der Waals surface area contributed by atoms with E-state index < -0.39 is 7.82 Å². The molecule has 1 amide bonds. The number of phosphoric ester groups is 1. The number of nitrogens with zero attached hydrogens (tertiary/aromatic N) is 4. The second-order valence-electron chi connectivity index (χ2n) is 10.1. The molecule has 0 aliphatic carbocycles. The number of hydrogen-bond donors (Lipinski definition) is 4. The lowest BCUT2D eigenvalue weighted by Crippen LogP contribution is -2.34. The number of amides is 1. The van der Waals surface area contributed by atoms with E-state index in [9.17, 15) is 9.36 Å². The topological polar surface area (TPSA) is 168 Å². The Bertz CT molecular complexity index is 1660. The third-order valence-corrected chi connectivity index (χ3v) is 7.78. The Balaban J connectivity index is 1.20. The van der Waals surface area contributed by atoms with Crippen molar-refractivity contribution in [2.45, 2.75) is 25.3 Å². The van der Waals surface area contributed by atoms with Gasteiger partial charge in [-0.05, 0) is 62.2 Å².